The van der Waals surface area contributed by atoms with Crippen molar-refractivity contribution in [3.63, 3.8) is 0 Å². The molecule has 0 saturated heterocycles. The average molecular weight is 496 g/mol. The zero-order valence-corrected chi connectivity index (χ0v) is 20.6. The van der Waals surface area contributed by atoms with Gasteiger partial charge in [0.25, 0.3) is 5.91 Å². The van der Waals surface area contributed by atoms with Crippen molar-refractivity contribution in [3.05, 3.63) is 101 Å². The standard InChI is InChI=1S/C29H25N3O5/c1-18-23(14-26(32(18)2)24-15-27(36-3)20(16-30)13-25(24)29(34)35)28(33)31-21-9-11-22(12-10-21)37-17-19-7-5-4-6-8-19/h4-15H,17H2,1-3H3,(H,31,33)(H,34,35). The Balaban J connectivity index is 1.56. The van der Waals surface area contributed by atoms with Crippen molar-refractivity contribution in [3.8, 4) is 28.8 Å². The summed E-state index contributed by atoms with van der Waals surface area (Å²) in [5.74, 6) is -0.596. The van der Waals surface area contributed by atoms with Gasteiger partial charge in [-0.2, -0.15) is 5.26 Å². The molecule has 0 radical (unpaired) electrons. The summed E-state index contributed by atoms with van der Waals surface area (Å²) < 4.78 is 12.8. The van der Waals surface area contributed by atoms with Crippen LogP contribution in [0.5, 0.6) is 11.5 Å². The summed E-state index contributed by atoms with van der Waals surface area (Å²) in [5, 5.41) is 22.0. The lowest BCUT2D eigenvalue weighted by Crippen LogP contribution is -2.12. The van der Waals surface area contributed by atoms with Gasteiger partial charge in [-0.15, -0.1) is 0 Å². The molecule has 1 aromatic heterocycles. The Morgan fingerprint density at radius 2 is 1.73 bits per heavy atom. The monoisotopic (exact) mass is 495 g/mol. The van der Waals surface area contributed by atoms with E-state index in [0.717, 1.165) is 5.56 Å². The Kier molecular flexibility index (Phi) is 7.26. The zero-order valence-electron chi connectivity index (χ0n) is 20.6. The molecule has 4 aromatic rings. The maximum atomic E-state index is 13.1. The maximum Gasteiger partial charge on any atom is 0.336 e. The van der Waals surface area contributed by atoms with Crippen molar-refractivity contribution < 1.29 is 24.2 Å². The van der Waals surface area contributed by atoms with Gasteiger partial charge < -0.3 is 24.5 Å². The number of carboxylic acids is 1. The number of hydrogen-bond acceptors (Lipinski definition) is 5. The Hall–Kier alpha value is -5.03. The molecule has 0 aliphatic heterocycles. The third-order valence-electron chi connectivity index (χ3n) is 6.11. The van der Waals surface area contributed by atoms with E-state index in [0.29, 0.717) is 40.6 Å². The number of ether oxygens (including phenoxy) is 2. The highest BCUT2D eigenvalue weighted by Gasteiger charge is 2.23. The van der Waals surface area contributed by atoms with Crippen LogP contribution in [0, 0.1) is 18.3 Å². The van der Waals surface area contributed by atoms with Gasteiger partial charge in [-0.25, -0.2) is 4.79 Å². The molecule has 0 saturated carbocycles. The highest BCUT2D eigenvalue weighted by atomic mass is 16.5. The zero-order chi connectivity index (χ0) is 26.5. The van der Waals surface area contributed by atoms with Crippen molar-refractivity contribution in [1.29, 1.82) is 5.26 Å². The molecule has 0 spiro atoms. The molecule has 8 nitrogen and oxygen atoms in total. The summed E-state index contributed by atoms with van der Waals surface area (Å²) in [7, 11) is 3.16. The van der Waals surface area contributed by atoms with Crippen LogP contribution in [0.25, 0.3) is 11.3 Å². The predicted octanol–water partition coefficient (Wildman–Crippen LogP) is 5.41. The third kappa shape index (κ3) is 5.31. The van der Waals surface area contributed by atoms with Gasteiger partial charge in [-0.1, -0.05) is 30.3 Å². The molecule has 1 amide bonds. The summed E-state index contributed by atoms with van der Waals surface area (Å²) in [5.41, 5.74) is 3.59. The van der Waals surface area contributed by atoms with Crippen molar-refractivity contribution in [1.82, 2.24) is 4.57 Å². The first-order chi connectivity index (χ1) is 17.8. The molecule has 37 heavy (non-hydrogen) atoms. The minimum absolute atomic E-state index is 0.0593. The normalized spacial score (nSPS) is 10.4. The molecular weight excluding hydrogens is 470 g/mol. The first-order valence-electron chi connectivity index (χ1n) is 11.4. The highest BCUT2D eigenvalue weighted by molar-refractivity contribution is 6.06. The largest absolute Gasteiger partial charge is 0.495 e. The number of amides is 1. The SMILES string of the molecule is COc1cc(-c2cc(C(=O)Nc3ccc(OCc4ccccc4)cc3)c(C)n2C)c(C(=O)O)cc1C#N. The Bertz CT molecular complexity index is 1500. The average Bonchev–Trinajstić information content (AvgIpc) is 3.21. The van der Waals surface area contributed by atoms with E-state index in [2.05, 4.69) is 5.32 Å². The lowest BCUT2D eigenvalue weighted by molar-refractivity contribution is 0.0697. The van der Waals surface area contributed by atoms with Gasteiger partial charge in [0, 0.05) is 29.7 Å². The summed E-state index contributed by atoms with van der Waals surface area (Å²) >= 11 is 0. The highest BCUT2D eigenvalue weighted by Crippen LogP contribution is 2.33. The van der Waals surface area contributed by atoms with Crippen molar-refractivity contribution >= 4 is 17.6 Å². The number of aromatic nitrogens is 1. The van der Waals surface area contributed by atoms with Crippen LogP contribution in [0.3, 0.4) is 0 Å². The number of benzene rings is 3. The Morgan fingerprint density at radius 1 is 1.03 bits per heavy atom. The number of carboxylic acid groups (broad SMARTS) is 1. The molecule has 0 aliphatic rings. The molecule has 1 heterocycles. The predicted molar refractivity (Wildman–Crippen MR) is 139 cm³/mol. The number of methoxy groups -OCH3 is 1. The van der Waals surface area contributed by atoms with Crippen molar-refractivity contribution in [2.75, 3.05) is 12.4 Å². The van der Waals surface area contributed by atoms with Gasteiger partial charge in [0.15, 0.2) is 0 Å². The molecular formula is C29H25N3O5. The molecule has 0 fully saturated rings. The number of nitrogens with zero attached hydrogens (tertiary/aromatic N) is 2. The van der Waals surface area contributed by atoms with Gasteiger partial charge in [-0.05, 0) is 55.0 Å². The van der Waals surface area contributed by atoms with Gasteiger partial charge in [0.05, 0.1) is 23.8 Å². The second-order valence-electron chi connectivity index (χ2n) is 8.36. The van der Waals surface area contributed by atoms with Crippen LogP contribution >= 0.6 is 0 Å². The smallest absolute Gasteiger partial charge is 0.336 e. The third-order valence-corrected chi connectivity index (χ3v) is 6.11. The van der Waals surface area contributed by atoms with Gasteiger partial charge in [-0.3, -0.25) is 4.79 Å². The first kappa shape index (κ1) is 25.1. The van der Waals surface area contributed by atoms with Gasteiger partial charge in [0.2, 0.25) is 0 Å². The van der Waals surface area contributed by atoms with Gasteiger partial charge >= 0.3 is 5.97 Å². The molecule has 0 unspecified atom stereocenters. The number of carbonyl (C=O) groups excluding carboxylic acids is 1. The van der Waals surface area contributed by atoms with E-state index in [1.54, 1.807) is 48.9 Å². The first-order valence-corrected chi connectivity index (χ1v) is 11.4. The fourth-order valence-electron chi connectivity index (χ4n) is 3.99. The second-order valence-corrected chi connectivity index (χ2v) is 8.36. The summed E-state index contributed by atoms with van der Waals surface area (Å²) in [6.45, 7) is 2.22. The Labute approximate surface area is 214 Å². The minimum Gasteiger partial charge on any atom is -0.495 e. The molecule has 186 valence electrons. The summed E-state index contributed by atoms with van der Waals surface area (Å²) in [6, 6.07) is 23.3. The summed E-state index contributed by atoms with van der Waals surface area (Å²) in [6.07, 6.45) is 0. The number of nitriles is 1. The van der Waals surface area contributed by atoms with E-state index in [1.165, 1.54) is 19.2 Å². The number of anilines is 1. The molecule has 4 rings (SSSR count). The number of aromatic carboxylic acids is 1. The number of carbonyl (C=O) groups is 2. The molecule has 0 aliphatic carbocycles. The topological polar surface area (TPSA) is 114 Å². The van der Waals surface area contributed by atoms with Crippen LogP contribution < -0.4 is 14.8 Å². The fraction of sp³-hybridized carbons (Fsp3) is 0.138. The molecule has 2 N–H and O–H groups in total. The molecule has 3 aromatic carbocycles. The van der Waals surface area contributed by atoms with E-state index in [-0.39, 0.29) is 22.8 Å². The maximum absolute atomic E-state index is 13.1. The second kappa shape index (κ2) is 10.7. The van der Waals surface area contributed by atoms with Crippen molar-refractivity contribution in [2.45, 2.75) is 13.5 Å². The van der Waals surface area contributed by atoms with Crippen LogP contribution in [-0.4, -0.2) is 28.7 Å². The fourth-order valence-corrected chi connectivity index (χ4v) is 3.99. The quantitative estimate of drug-likeness (QED) is 0.338. The van der Waals surface area contributed by atoms with E-state index >= 15 is 0 Å². The number of hydrogen-bond donors (Lipinski definition) is 2. The molecule has 0 bridgehead atoms. The van der Waals surface area contributed by atoms with Crippen LogP contribution in [0.4, 0.5) is 5.69 Å². The van der Waals surface area contributed by atoms with Crippen LogP contribution in [0.15, 0.2) is 72.8 Å². The number of rotatable bonds is 8. The van der Waals surface area contributed by atoms with E-state index in [4.69, 9.17) is 9.47 Å². The van der Waals surface area contributed by atoms with E-state index in [1.807, 2.05) is 36.4 Å². The summed E-state index contributed by atoms with van der Waals surface area (Å²) in [4.78, 5) is 25.1. The van der Waals surface area contributed by atoms with Crippen LogP contribution in [0.1, 0.15) is 37.5 Å². The number of nitrogens with one attached hydrogen (secondary N) is 1. The lowest BCUT2D eigenvalue weighted by atomic mass is 10.00. The van der Waals surface area contributed by atoms with Gasteiger partial charge in [0.1, 0.15) is 24.2 Å². The van der Waals surface area contributed by atoms with E-state index in [9.17, 15) is 20.0 Å². The molecule has 0 atom stereocenters. The van der Waals surface area contributed by atoms with Crippen LogP contribution in [-0.2, 0) is 13.7 Å². The van der Waals surface area contributed by atoms with Crippen molar-refractivity contribution in [2.24, 2.45) is 7.05 Å². The van der Waals surface area contributed by atoms with E-state index < -0.39 is 5.97 Å². The van der Waals surface area contributed by atoms with Crippen LogP contribution in [0.2, 0.25) is 0 Å². The minimum atomic E-state index is -1.19. The lowest BCUT2D eigenvalue weighted by Gasteiger charge is -2.12. The molecule has 8 heteroatoms. The Morgan fingerprint density at radius 3 is 2.35 bits per heavy atom.